The van der Waals surface area contributed by atoms with Gasteiger partial charge in [-0.25, -0.2) is 4.68 Å². The zero-order valence-electron chi connectivity index (χ0n) is 17.4. The van der Waals surface area contributed by atoms with Crippen molar-refractivity contribution < 1.29 is 9.26 Å². The number of nitrogens with zero attached hydrogens (tertiary/aromatic N) is 7. The summed E-state index contributed by atoms with van der Waals surface area (Å²) < 4.78 is 13.6. The van der Waals surface area contributed by atoms with Crippen LogP contribution in [0.25, 0.3) is 0 Å². The van der Waals surface area contributed by atoms with Gasteiger partial charge in [-0.15, -0.1) is 5.10 Å². The van der Waals surface area contributed by atoms with Gasteiger partial charge in [0.25, 0.3) is 5.89 Å². The number of likely N-dealkylation sites (tertiary alicyclic amines) is 1. The molecule has 158 valence electrons. The van der Waals surface area contributed by atoms with Gasteiger partial charge in [0.15, 0.2) is 11.6 Å². The van der Waals surface area contributed by atoms with E-state index in [9.17, 15) is 0 Å². The van der Waals surface area contributed by atoms with Crippen LogP contribution in [0.2, 0.25) is 0 Å². The van der Waals surface area contributed by atoms with E-state index in [1.54, 1.807) is 7.11 Å². The van der Waals surface area contributed by atoms with Crippen LogP contribution in [0.15, 0.2) is 34.9 Å². The van der Waals surface area contributed by atoms with Crippen LogP contribution in [-0.4, -0.2) is 55.4 Å². The molecule has 0 radical (unpaired) electrons. The molecule has 1 aromatic carbocycles. The second-order valence-corrected chi connectivity index (χ2v) is 8.30. The third-order valence-electron chi connectivity index (χ3n) is 6.39. The maximum absolute atomic E-state index is 5.95. The summed E-state index contributed by atoms with van der Waals surface area (Å²) in [7, 11) is 1.73. The van der Waals surface area contributed by atoms with E-state index in [2.05, 4.69) is 49.6 Å². The minimum atomic E-state index is -0.541. The van der Waals surface area contributed by atoms with Crippen molar-refractivity contribution in [1.29, 1.82) is 0 Å². The lowest BCUT2D eigenvalue weighted by Gasteiger charge is -2.40. The highest BCUT2D eigenvalue weighted by molar-refractivity contribution is 5.19. The zero-order valence-corrected chi connectivity index (χ0v) is 17.4. The average Bonchev–Trinajstić information content (AvgIpc) is 3.32. The highest BCUT2D eigenvalue weighted by atomic mass is 16.5. The smallest absolute Gasteiger partial charge is 0.258 e. The number of tetrazole rings is 1. The van der Waals surface area contributed by atoms with Gasteiger partial charge in [0.05, 0.1) is 12.1 Å². The van der Waals surface area contributed by atoms with Crippen LogP contribution >= 0.6 is 0 Å². The molecule has 0 N–H and O–H groups in total. The van der Waals surface area contributed by atoms with Crippen molar-refractivity contribution in [3.05, 3.63) is 53.4 Å². The lowest BCUT2D eigenvalue weighted by molar-refractivity contribution is -0.0883. The molecule has 2 aliphatic rings. The van der Waals surface area contributed by atoms with Crippen molar-refractivity contribution in [3.63, 3.8) is 0 Å². The van der Waals surface area contributed by atoms with E-state index in [-0.39, 0.29) is 6.04 Å². The largest absolute Gasteiger partial charge is 0.368 e. The first kappa shape index (κ1) is 19.3. The molecule has 0 bridgehead atoms. The second-order valence-electron chi connectivity index (χ2n) is 8.30. The third kappa shape index (κ3) is 3.63. The zero-order chi connectivity index (χ0) is 20.6. The SMILES string of the molecule is COC1(c2nc(Cc3ccccc3)no2)CCN([C@@H](C)c2nnnn2C2CC2)CC1. The van der Waals surface area contributed by atoms with Crippen LogP contribution in [0, 0.1) is 0 Å². The summed E-state index contributed by atoms with van der Waals surface area (Å²) in [6, 6.07) is 10.8. The van der Waals surface area contributed by atoms with Crippen LogP contribution in [-0.2, 0) is 16.8 Å². The van der Waals surface area contributed by atoms with E-state index in [0.717, 1.165) is 37.3 Å². The summed E-state index contributed by atoms with van der Waals surface area (Å²) in [5.41, 5.74) is 0.619. The molecule has 0 unspecified atom stereocenters. The summed E-state index contributed by atoms with van der Waals surface area (Å²) in [6.45, 7) is 3.88. The predicted molar refractivity (Wildman–Crippen MR) is 108 cm³/mol. The van der Waals surface area contributed by atoms with Crippen LogP contribution in [0.4, 0.5) is 0 Å². The Hall–Kier alpha value is -2.65. The fraction of sp³-hybridized carbons (Fsp3) is 0.571. The molecule has 3 aromatic rings. The van der Waals surface area contributed by atoms with Gasteiger partial charge in [-0.05, 0) is 48.6 Å². The Kier molecular flexibility index (Phi) is 5.08. The van der Waals surface area contributed by atoms with Gasteiger partial charge in [0, 0.05) is 26.6 Å². The number of hydrogen-bond donors (Lipinski definition) is 0. The van der Waals surface area contributed by atoms with Gasteiger partial charge in [0.1, 0.15) is 5.60 Å². The number of piperidine rings is 1. The summed E-state index contributed by atoms with van der Waals surface area (Å²) in [6.07, 6.45) is 4.55. The number of methoxy groups -OCH3 is 1. The van der Waals surface area contributed by atoms with Crippen molar-refractivity contribution in [2.24, 2.45) is 0 Å². The van der Waals surface area contributed by atoms with Gasteiger partial charge in [0.2, 0.25) is 0 Å². The molecule has 1 saturated carbocycles. The van der Waals surface area contributed by atoms with Crippen LogP contribution in [0.3, 0.4) is 0 Å². The predicted octanol–water partition coefficient (Wildman–Crippen LogP) is 2.68. The van der Waals surface area contributed by atoms with Gasteiger partial charge in [-0.2, -0.15) is 4.98 Å². The third-order valence-corrected chi connectivity index (χ3v) is 6.39. The second kappa shape index (κ2) is 7.88. The summed E-state index contributed by atoms with van der Waals surface area (Å²) >= 11 is 0. The van der Waals surface area contributed by atoms with Crippen molar-refractivity contribution in [3.8, 4) is 0 Å². The number of hydrogen-bond acceptors (Lipinski definition) is 8. The van der Waals surface area contributed by atoms with Crippen molar-refractivity contribution in [1.82, 2.24) is 35.2 Å². The lowest BCUT2D eigenvalue weighted by Crippen LogP contribution is -2.45. The Morgan fingerprint density at radius 2 is 1.97 bits per heavy atom. The molecule has 9 nitrogen and oxygen atoms in total. The molecule has 2 aromatic heterocycles. The normalized spacial score (nSPS) is 20.3. The van der Waals surface area contributed by atoms with E-state index in [4.69, 9.17) is 9.26 Å². The maximum atomic E-state index is 5.95. The van der Waals surface area contributed by atoms with E-state index >= 15 is 0 Å². The van der Waals surface area contributed by atoms with Crippen LogP contribution < -0.4 is 0 Å². The topological polar surface area (TPSA) is 95.0 Å². The Morgan fingerprint density at radius 1 is 1.20 bits per heavy atom. The molecule has 1 atom stereocenters. The molecular weight excluding hydrogens is 382 g/mol. The molecule has 9 heteroatoms. The number of ether oxygens (including phenoxy) is 1. The quantitative estimate of drug-likeness (QED) is 0.588. The minimum Gasteiger partial charge on any atom is -0.368 e. The Bertz CT molecular complexity index is 974. The first-order valence-corrected chi connectivity index (χ1v) is 10.6. The molecule has 3 heterocycles. The molecule has 1 aliphatic carbocycles. The van der Waals surface area contributed by atoms with Crippen molar-refractivity contribution in [2.75, 3.05) is 20.2 Å². The molecule has 0 amide bonds. The van der Waals surface area contributed by atoms with E-state index in [0.29, 0.717) is 24.2 Å². The Balaban J connectivity index is 1.27. The van der Waals surface area contributed by atoms with Crippen molar-refractivity contribution in [2.45, 2.75) is 56.7 Å². The molecule has 30 heavy (non-hydrogen) atoms. The lowest BCUT2D eigenvalue weighted by atomic mass is 9.90. The van der Waals surface area contributed by atoms with Gasteiger partial charge < -0.3 is 9.26 Å². The highest BCUT2D eigenvalue weighted by Crippen LogP contribution is 2.39. The van der Waals surface area contributed by atoms with E-state index in [1.807, 2.05) is 22.9 Å². The van der Waals surface area contributed by atoms with Gasteiger partial charge in [-0.1, -0.05) is 35.5 Å². The number of benzene rings is 1. The molecule has 2 fully saturated rings. The Morgan fingerprint density at radius 3 is 2.67 bits per heavy atom. The highest BCUT2D eigenvalue weighted by Gasteiger charge is 2.43. The summed E-state index contributed by atoms with van der Waals surface area (Å²) in [4.78, 5) is 7.09. The fourth-order valence-corrected chi connectivity index (χ4v) is 4.29. The molecular formula is C21H27N7O2. The first-order chi connectivity index (χ1) is 14.7. The number of aromatic nitrogens is 6. The molecule has 1 aliphatic heterocycles. The van der Waals surface area contributed by atoms with Crippen LogP contribution in [0.5, 0.6) is 0 Å². The maximum Gasteiger partial charge on any atom is 0.258 e. The van der Waals surface area contributed by atoms with Crippen molar-refractivity contribution >= 4 is 0 Å². The monoisotopic (exact) mass is 409 g/mol. The standard InChI is InChI=1S/C21H27N7O2/c1-15(19-23-25-26-28(19)17-8-9-17)27-12-10-21(29-2,11-13-27)20-22-18(24-30-20)14-16-6-4-3-5-7-16/h3-7,15,17H,8-14H2,1-2H3/t15-/m0/s1. The van der Waals surface area contributed by atoms with E-state index in [1.165, 1.54) is 12.8 Å². The summed E-state index contributed by atoms with van der Waals surface area (Å²) in [5, 5.41) is 16.6. The number of rotatable bonds is 7. The molecule has 1 saturated heterocycles. The first-order valence-electron chi connectivity index (χ1n) is 10.6. The van der Waals surface area contributed by atoms with Crippen LogP contribution in [0.1, 0.15) is 67.8 Å². The van der Waals surface area contributed by atoms with Gasteiger partial charge in [-0.3, -0.25) is 4.90 Å². The average molecular weight is 409 g/mol. The fourth-order valence-electron chi connectivity index (χ4n) is 4.29. The molecule has 0 spiro atoms. The minimum absolute atomic E-state index is 0.159. The summed E-state index contributed by atoms with van der Waals surface area (Å²) in [5.74, 6) is 2.21. The van der Waals surface area contributed by atoms with Gasteiger partial charge >= 0.3 is 0 Å². The molecule has 5 rings (SSSR count). The van der Waals surface area contributed by atoms with E-state index < -0.39 is 5.60 Å². The Labute approximate surface area is 175 Å².